The van der Waals surface area contributed by atoms with Gasteiger partial charge in [0.2, 0.25) is 11.8 Å². The fraction of sp³-hybridized carbons (Fsp3) is 0.778. The SMILES string of the molecule is O=C(NC1CCCC1)[C@@H]1[C@@H](C(=O)N2CCCC2)[C@H]2C=C[C@H]1C2. The Morgan fingerprint density at radius 2 is 1.55 bits per heavy atom. The number of hydrogen-bond acceptors (Lipinski definition) is 2. The van der Waals surface area contributed by atoms with Crippen LogP contribution in [0.15, 0.2) is 12.2 Å². The zero-order chi connectivity index (χ0) is 15.1. The second-order valence-electron chi connectivity index (χ2n) is 7.52. The van der Waals surface area contributed by atoms with Crippen molar-refractivity contribution in [3.63, 3.8) is 0 Å². The van der Waals surface area contributed by atoms with Crippen molar-refractivity contribution in [2.45, 2.75) is 51.0 Å². The van der Waals surface area contributed by atoms with Crippen molar-refractivity contribution >= 4 is 11.8 Å². The van der Waals surface area contributed by atoms with E-state index in [1.165, 1.54) is 12.8 Å². The van der Waals surface area contributed by atoms with Gasteiger partial charge >= 0.3 is 0 Å². The molecule has 0 aromatic heterocycles. The standard InChI is InChI=1S/C18H26N2O2/c21-17(19-14-5-1-2-6-14)15-12-7-8-13(11-12)16(15)18(22)20-9-3-4-10-20/h7-8,12-16H,1-6,9-11H2,(H,19,21)/t12-,13-,15-,16-/m0/s1. The average Bonchev–Trinajstić information content (AvgIpc) is 3.27. The first kappa shape index (κ1) is 14.3. The van der Waals surface area contributed by atoms with Gasteiger partial charge in [0.15, 0.2) is 0 Å². The summed E-state index contributed by atoms with van der Waals surface area (Å²) in [6.07, 6.45) is 12.2. The number of carbonyl (C=O) groups is 2. The van der Waals surface area contributed by atoms with E-state index >= 15 is 0 Å². The number of nitrogens with zero attached hydrogens (tertiary/aromatic N) is 1. The summed E-state index contributed by atoms with van der Waals surface area (Å²) in [5.74, 6) is 0.723. The molecule has 4 heteroatoms. The summed E-state index contributed by atoms with van der Waals surface area (Å²) < 4.78 is 0. The Morgan fingerprint density at radius 1 is 0.909 bits per heavy atom. The molecule has 1 saturated heterocycles. The van der Waals surface area contributed by atoms with Gasteiger partial charge in [-0.25, -0.2) is 0 Å². The first-order chi connectivity index (χ1) is 10.7. The van der Waals surface area contributed by atoms with Gasteiger partial charge in [-0.1, -0.05) is 25.0 Å². The van der Waals surface area contributed by atoms with Gasteiger partial charge in [0.25, 0.3) is 0 Å². The van der Waals surface area contributed by atoms with E-state index in [1.807, 2.05) is 4.90 Å². The lowest BCUT2D eigenvalue weighted by atomic mass is 9.81. The highest BCUT2D eigenvalue weighted by molar-refractivity contribution is 5.90. The summed E-state index contributed by atoms with van der Waals surface area (Å²) in [4.78, 5) is 27.7. The maximum Gasteiger partial charge on any atom is 0.227 e. The molecule has 2 bridgehead atoms. The number of rotatable bonds is 3. The monoisotopic (exact) mass is 302 g/mol. The minimum absolute atomic E-state index is 0.102. The van der Waals surface area contributed by atoms with Crippen molar-refractivity contribution in [3.05, 3.63) is 12.2 Å². The van der Waals surface area contributed by atoms with Crippen LogP contribution < -0.4 is 5.32 Å². The molecule has 4 aliphatic rings. The summed E-state index contributed by atoms with van der Waals surface area (Å²) in [6, 6.07) is 0.346. The molecular weight excluding hydrogens is 276 g/mol. The van der Waals surface area contributed by atoms with Gasteiger partial charge in [-0.3, -0.25) is 9.59 Å². The van der Waals surface area contributed by atoms with Gasteiger partial charge in [0.05, 0.1) is 11.8 Å². The van der Waals surface area contributed by atoms with Crippen LogP contribution in [0.4, 0.5) is 0 Å². The second kappa shape index (κ2) is 5.71. The first-order valence-corrected chi connectivity index (χ1v) is 9.01. The fourth-order valence-corrected chi connectivity index (χ4v) is 5.03. The molecule has 22 heavy (non-hydrogen) atoms. The summed E-state index contributed by atoms with van der Waals surface area (Å²) in [5, 5.41) is 3.24. The molecule has 120 valence electrons. The first-order valence-electron chi connectivity index (χ1n) is 9.01. The lowest BCUT2D eigenvalue weighted by Crippen LogP contribution is -2.46. The van der Waals surface area contributed by atoms with E-state index in [-0.39, 0.29) is 35.5 Å². The van der Waals surface area contributed by atoms with Crippen molar-refractivity contribution < 1.29 is 9.59 Å². The second-order valence-corrected chi connectivity index (χ2v) is 7.52. The zero-order valence-corrected chi connectivity index (χ0v) is 13.2. The largest absolute Gasteiger partial charge is 0.353 e. The Kier molecular flexibility index (Phi) is 3.71. The lowest BCUT2D eigenvalue weighted by molar-refractivity contribution is -0.141. The Labute approximate surface area is 132 Å². The van der Waals surface area contributed by atoms with Crippen LogP contribution in [0.2, 0.25) is 0 Å². The number of fused-ring (bicyclic) bond motifs is 2. The predicted octanol–water partition coefficient (Wildman–Crippen LogP) is 2.11. The molecule has 0 spiro atoms. The van der Waals surface area contributed by atoms with Crippen molar-refractivity contribution in [1.82, 2.24) is 10.2 Å². The minimum atomic E-state index is -0.122. The van der Waals surface area contributed by atoms with Gasteiger partial charge < -0.3 is 10.2 Å². The highest BCUT2D eigenvalue weighted by Crippen LogP contribution is 2.49. The molecule has 1 heterocycles. The molecule has 0 aromatic carbocycles. The van der Waals surface area contributed by atoms with Crippen molar-refractivity contribution in [2.75, 3.05) is 13.1 Å². The number of carbonyl (C=O) groups excluding carboxylic acids is 2. The van der Waals surface area contributed by atoms with Crippen molar-refractivity contribution in [2.24, 2.45) is 23.7 Å². The van der Waals surface area contributed by atoms with Gasteiger partial charge in [-0.2, -0.15) is 0 Å². The number of allylic oxidation sites excluding steroid dienone is 2. The summed E-state index contributed by atoms with van der Waals surface area (Å²) >= 11 is 0. The molecular formula is C18H26N2O2. The van der Waals surface area contributed by atoms with Crippen LogP contribution in [-0.2, 0) is 9.59 Å². The van der Waals surface area contributed by atoms with Crippen LogP contribution >= 0.6 is 0 Å². The molecule has 4 nitrogen and oxygen atoms in total. The minimum Gasteiger partial charge on any atom is -0.353 e. The molecule has 0 radical (unpaired) electrons. The van der Waals surface area contributed by atoms with E-state index in [0.717, 1.165) is 45.2 Å². The summed E-state index contributed by atoms with van der Waals surface area (Å²) in [6.45, 7) is 1.76. The molecule has 3 fully saturated rings. The molecule has 1 N–H and O–H groups in total. The van der Waals surface area contributed by atoms with Gasteiger partial charge in [-0.15, -0.1) is 0 Å². The molecule has 1 aliphatic heterocycles. The highest BCUT2D eigenvalue weighted by atomic mass is 16.2. The molecule has 3 aliphatic carbocycles. The Morgan fingerprint density at radius 3 is 2.23 bits per heavy atom. The van der Waals surface area contributed by atoms with Crippen molar-refractivity contribution in [3.8, 4) is 0 Å². The number of nitrogens with one attached hydrogen (secondary N) is 1. The quantitative estimate of drug-likeness (QED) is 0.812. The Balaban J connectivity index is 1.49. The third-order valence-electron chi connectivity index (χ3n) is 6.17. The molecule has 4 rings (SSSR count). The van der Waals surface area contributed by atoms with Gasteiger partial charge in [0.1, 0.15) is 0 Å². The van der Waals surface area contributed by atoms with Gasteiger partial charge in [-0.05, 0) is 43.9 Å². The summed E-state index contributed by atoms with van der Waals surface area (Å²) in [7, 11) is 0. The van der Waals surface area contributed by atoms with Crippen LogP contribution in [0.1, 0.15) is 44.9 Å². The fourth-order valence-electron chi connectivity index (χ4n) is 5.03. The van der Waals surface area contributed by atoms with E-state index in [9.17, 15) is 9.59 Å². The van der Waals surface area contributed by atoms with Crippen molar-refractivity contribution in [1.29, 1.82) is 0 Å². The topological polar surface area (TPSA) is 49.4 Å². The lowest BCUT2D eigenvalue weighted by Gasteiger charge is -2.30. The van der Waals surface area contributed by atoms with Crippen LogP contribution in [0, 0.1) is 23.7 Å². The molecule has 0 unspecified atom stereocenters. The third-order valence-corrected chi connectivity index (χ3v) is 6.17. The maximum atomic E-state index is 12.9. The smallest absolute Gasteiger partial charge is 0.227 e. The van der Waals surface area contributed by atoms with E-state index < -0.39 is 0 Å². The number of amides is 2. The van der Waals surface area contributed by atoms with Crippen LogP contribution in [0.5, 0.6) is 0 Å². The summed E-state index contributed by atoms with van der Waals surface area (Å²) in [5.41, 5.74) is 0. The Bertz CT molecular complexity index is 489. The van der Waals surface area contributed by atoms with E-state index in [0.29, 0.717) is 6.04 Å². The molecule has 4 atom stereocenters. The molecule has 0 aromatic rings. The van der Waals surface area contributed by atoms with Crippen LogP contribution in [0.3, 0.4) is 0 Å². The van der Waals surface area contributed by atoms with Crippen LogP contribution in [0.25, 0.3) is 0 Å². The van der Waals surface area contributed by atoms with E-state index in [4.69, 9.17) is 0 Å². The molecule has 2 saturated carbocycles. The highest BCUT2D eigenvalue weighted by Gasteiger charge is 2.52. The average molecular weight is 302 g/mol. The van der Waals surface area contributed by atoms with E-state index in [2.05, 4.69) is 17.5 Å². The van der Waals surface area contributed by atoms with Crippen LogP contribution in [-0.4, -0.2) is 35.8 Å². The predicted molar refractivity (Wildman–Crippen MR) is 83.9 cm³/mol. The number of likely N-dealkylation sites (tertiary alicyclic amines) is 1. The third kappa shape index (κ3) is 2.37. The maximum absolute atomic E-state index is 12.9. The van der Waals surface area contributed by atoms with E-state index in [1.54, 1.807) is 0 Å². The molecule has 2 amide bonds. The number of hydrogen-bond donors (Lipinski definition) is 1. The Hall–Kier alpha value is -1.32. The normalized spacial score (nSPS) is 37.2. The van der Waals surface area contributed by atoms with Gasteiger partial charge in [0, 0.05) is 19.1 Å². The zero-order valence-electron chi connectivity index (χ0n) is 13.2.